The number of nitrogens with one attached hydrogen (secondary N) is 1. The fourth-order valence-corrected chi connectivity index (χ4v) is 2.19. The van der Waals surface area contributed by atoms with Gasteiger partial charge in [0.15, 0.2) is 0 Å². The van der Waals surface area contributed by atoms with E-state index in [-0.39, 0.29) is 0 Å². The maximum atomic E-state index is 12.2. The largest absolute Gasteiger partial charge is 0.379 e. The normalized spacial score (nSPS) is 10.7. The maximum Gasteiger partial charge on any atom is 0.288 e. The number of thioether (sulfide) groups is 1. The fraction of sp³-hybridized carbons (Fsp3) is 0.154. The lowest BCUT2D eigenvalue weighted by Gasteiger charge is -2.07. The maximum absolute atomic E-state index is 12.2. The van der Waals surface area contributed by atoms with Gasteiger partial charge in [-0.2, -0.15) is 8.78 Å². The molecule has 0 radical (unpaired) electrons. The minimum atomic E-state index is -2.38. The number of anilines is 1. The molecule has 100 valence electrons. The van der Waals surface area contributed by atoms with Crippen molar-refractivity contribution in [3.63, 3.8) is 0 Å². The van der Waals surface area contributed by atoms with Gasteiger partial charge in [0.05, 0.1) is 12.2 Å². The van der Waals surface area contributed by atoms with E-state index in [1.54, 1.807) is 30.5 Å². The van der Waals surface area contributed by atoms with Gasteiger partial charge in [0, 0.05) is 21.3 Å². The number of hydrogen-bond acceptors (Lipinski definition) is 3. The van der Waals surface area contributed by atoms with Gasteiger partial charge < -0.3 is 5.32 Å². The summed E-state index contributed by atoms with van der Waals surface area (Å²) in [5.41, 5.74) is 1.79. The van der Waals surface area contributed by atoms with Crippen molar-refractivity contribution in [2.75, 3.05) is 5.32 Å². The average molecular weight is 345 g/mol. The summed E-state index contributed by atoms with van der Waals surface area (Å²) in [6.07, 6.45) is 1.74. The van der Waals surface area contributed by atoms with Gasteiger partial charge in [-0.1, -0.05) is 11.8 Å². The minimum absolute atomic E-state index is 0.545. The number of nitrogens with zero attached hydrogens (tertiary/aromatic N) is 1. The number of rotatable bonds is 5. The van der Waals surface area contributed by atoms with Crippen LogP contribution in [0.2, 0.25) is 0 Å². The number of aromatic nitrogens is 1. The summed E-state index contributed by atoms with van der Waals surface area (Å²) in [5.74, 6) is -2.38. The molecule has 0 unspecified atom stereocenters. The number of hydrogen-bond donors (Lipinski definition) is 1. The van der Waals surface area contributed by atoms with Gasteiger partial charge in [-0.15, -0.1) is 0 Å². The topological polar surface area (TPSA) is 24.9 Å². The van der Waals surface area contributed by atoms with Crippen molar-refractivity contribution >= 4 is 33.4 Å². The SMILES string of the molecule is FC(F)Sc1ccc(NCc2ccc(Br)cn2)cc1. The molecule has 0 aliphatic carbocycles. The Morgan fingerprint density at radius 3 is 2.47 bits per heavy atom. The van der Waals surface area contributed by atoms with E-state index < -0.39 is 5.76 Å². The molecule has 0 saturated carbocycles. The Balaban J connectivity index is 1.91. The summed E-state index contributed by atoms with van der Waals surface area (Å²) < 4.78 is 25.3. The van der Waals surface area contributed by atoms with Crippen LogP contribution in [0.15, 0.2) is 52.0 Å². The quantitative estimate of drug-likeness (QED) is 0.790. The molecule has 0 fully saturated rings. The first kappa shape index (κ1) is 14.3. The highest BCUT2D eigenvalue weighted by Crippen LogP contribution is 2.26. The molecule has 19 heavy (non-hydrogen) atoms. The summed E-state index contributed by atoms with van der Waals surface area (Å²) in [5, 5.41) is 3.19. The Bertz CT molecular complexity index is 517. The van der Waals surface area contributed by atoms with Gasteiger partial charge >= 0.3 is 0 Å². The van der Waals surface area contributed by atoms with E-state index in [4.69, 9.17) is 0 Å². The minimum Gasteiger partial charge on any atom is -0.379 e. The Morgan fingerprint density at radius 1 is 1.16 bits per heavy atom. The van der Waals surface area contributed by atoms with Crippen molar-refractivity contribution < 1.29 is 8.78 Å². The van der Waals surface area contributed by atoms with Crippen LogP contribution < -0.4 is 5.32 Å². The molecular weight excluding hydrogens is 334 g/mol. The molecular formula is C13H11BrF2N2S. The fourth-order valence-electron chi connectivity index (χ4n) is 1.46. The Hall–Kier alpha value is -1.14. The van der Waals surface area contributed by atoms with E-state index in [1.807, 2.05) is 12.1 Å². The van der Waals surface area contributed by atoms with Crippen LogP contribution in [0.25, 0.3) is 0 Å². The zero-order valence-corrected chi connectivity index (χ0v) is 12.2. The van der Waals surface area contributed by atoms with Crippen LogP contribution in [0.4, 0.5) is 14.5 Å². The molecule has 1 heterocycles. The smallest absolute Gasteiger partial charge is 0.288 e. The molecule has 0 aliphatic heterocycles. The first-order chi connectivity index (χ1) is 9.13. The van der Waals surface area contributed by atoms with Gasteiger partial charge in [0.1, 0.15) is 0 Å². The molecule has 0 aliphatic rings. The highest BCUT2D eigenvalue weighted by Gasteiger charge is 2.04. The van der Waals surface area contributed by atoms with Crippen LogP contribution in [-0.2, 0) is 6.54 Å². The lowest BCUT2D eigenvalue weighted by molar-refractivity contribution is 0.252. The molecule has 2 rings (SSSR count). The molecule has 0 bridgehead atoms. The molecule has 0 spiro atoms. The van der Waals surface area contributed by atoms with E-state index in [0.717, 1.165) is 15.9 Å². The van der Waals surface area contributed by atoms with Gasteiger partial charge in [0.25, 0.3) is 5.76 Å². The van der Waals surface area contributed by atoms with Crippen LogP contribution in [0.5, 0.6) is 0 Å². The summed E-state index contributed by atoms with van der Waals surface area (Å²) in [7, 11) is 0. The Labute approximate surface area is 122 Å². The van der Waals surface area contributed by atoms with E-state index in [0.29, 0.717) is 23.2 Å². The molecule has 1 aromatic carbocycles. The highest BCUT2D eigenvalue weighted by molar-refractivity contribution is 9.10. The Morgan fingerprint density at radius 2 is 1.89 bits per heavy atom. The van der Waals surface area contributed by atoms with E-state index in [9.17, 15) is 8.78 Å². The van der Waals surface area contributed by atoms with Crippen LogP contribution in [0.1, 0.15) is 5.69 Å². The van der Waals surface area contributed by atoms with Crippen molar-refractivity contribution in [3.05, 3.63) is 52.8 Å². The molecule has 1 N–H and O–H groups in total. The van der Waals surface area contributed by atoms with Crippen LogP contribution in [0.3, 0.4) is 0 Å². The van der Waals surface area contributed by atoms with E-state index in [1.165, 1.54) is 0 Å². The summed E-state index contributed by atoms with van der Waals surface area (Å²) in [4.78, 5) is 4.80. The zero-order chi connectivity index (χ0) is 13.7. The number of halogens is 3. The highest BCUT2D eigenvalue weighted by atomic mass is 79.9. The van der Waals surface area contributed by atoms with Gasteiger partial charge in [0.2, 0.25) is 0 Å². The third-order valence-corrected chi connectivity index (χ3v) is 3.53. The molecule has 0 saturated heterocycles. The van der Waals surface area contributed by atoms with Gasteiger partial charge in [-0.3, -0.25) is 4.98 Å². The van der Waals surface area contributed by atoms with Gasteiger partial charge in [-0.05, 0) is 52.3 Å². The number of pyridine rings is 1. The van der Waals surface area contributed by atoms with Crippen LogP contribution in [0, 0.1) is 0 Å². The second kappa shape index (κ2) is 6.86. The van der Waals surface area contributed by atoms with Crippen molar-refractivity contribution in [1.82, 2.24) is 4.98 Å². The van der Waals surface area contributed by atoms with Crippen LogP contribution >= 0.6 is 27.7 Å². The lowest BCUT2D eigenvalue weighted by Crippen LogP contribution is -2.01. The Kier molecular flexibility index (Phi) is 5.15. The molecule has 6 heteroatoms. The zero-order valence-electron chi connectivity index (χ0n) is 9.82. The first-order valence-corrected chi connectivity index (χ1v) is 7.20. The van der Waals surface area contributed by atoms with E-state index in [2.05, 4.69) is 26.2 Å². The van der Waals surface area contributed by atoms with E-state index >= 15 is 0 Å². The summed E-state index contributed by atoms with van der Waals surface area (Å²) >= 11 is 3.87. The standard InChI is InChI=1S/C13H11BrF2N2S/c14-9-1-2-11(17-7-9)8-18-10-3-5-12(6-4-10)19-13(15)16/h1-7,13,18H,8H2. The third-order valence-electron chi connectivity index (χ3n) is 2.34. The van der Waals surface area contributed by atoms with Crippen molar-refractivity contribution in [2.45, 2.75) is 17.2 Å². The second-order valence-electron chi connectivity index (χ2n) is 3.72. The summed E-state index contributed by atoms with van der Waals surface area (Å²) in [6.45, 7) is 0.592. The molecule has 0 atom stereocenters. The lowest BCUT2D eigenvalue weighted by atomic mass is 10.3. The van der Waals surface area contributed by atoms with Crippen LogP contribution in [-0.4, -0.2) is 10.7 Å². The molecule has 0 amide bonds. The monoisotopic (exact) mass is 344 g/mol. The average Bonchev–Trinajstić information content (AvgIpc) is 2.39. The van der Waals surface area contributed by atoms with Gasteiger partial charge in [-0.25, -0.2) is 0 Å². The molecule has 2 nitrogen and oxygen atoms in total. The van der Waals surface area contributed by atoms with Crippen molar-refractivity contribution in [1.29, 1.82) is 0 Å². The van der Waals surface area contributed by atoms with Crippen molar-refractivity contribution in [3.8, 4) is 0 Å². The number of benzene rings is 1. The predicted molar refractivity (Wildman–Crippen MR) is 77.6 cm³/mol. The molecule has 2 aromatic rings. The summed E-state index contributed by atoms with van der Waals surface area (Å²) in [6, 6.07) is 10.7. The number of alkyl halides is 2. The third kappa shape index (κ3) is 4.80. The predicted octanol–water partition coefficient (Wildman–Crippen LogP) is 4.77. The second-order valence-corrected chi connectivity index (χ2v) is 5.70. The van der Waals surface area contributed by atoms with Crippen molar-refractivity contribution in [2.24, 2.45) is 0 Å². The molecule has 1 aromatic heterocycles. The first-order valence-electron chi connectivity index (χ1n) is 5.52.